The molecule has 0 saturated carbocycles. The second-order valence-electron chi connectivity index (χ2n) is 3.68. The number of hydrogen-bond donors (Lipinski definition) is 2. The van der Waals surface area contributed by atoms with Crippen LogP contribution in [0.1, 0.15) is 11.1 Å². The highest BCUT2D eigenvalue weighted by molar-refractivity contribution is 5.83. The first kappa shape index (κ1) is 11.9. The van der Waals surface area contributed by atoms with E-state index in [0.717, 1.165) is 11.1 Å². The van der Waals surface area contributed by atoms with Crippen LogP contribution in [0.5, 0.6) is 11.5 Å². The molecule has 0 radical (unpaired) electrons. The molecule has 18 heavy (non-hydrogen) atoms. The van der Waals surface area contributed by atoms with Crippen LogP contribution in [0.15, 0.2) is 58.7 Å². The predicted octanol–water partition coefficient (Wildman–Crippen LogP) is 2.55. The Morgan fingerprint density at radius 3 is 1.56 bits per heavy atom. The number of benzene rings is 2. The first-order valence-corrected chi connectivity index (χ1v) is 5.38. The van der Waals surface area contributed by atoms with Gasteiger partial charge < -0.3 is 10.2 Å². The van der Waals surface area contributed by atoms with Gasteiger partial charge in [-0.15, -0.1) is 0 Å². The standard InChI is InChI=1S/C14H12N2O2/c17-13-5-1-3-11(7-13)9-15-16-10-12-4-2-6-14(18)8-12/h1-10,17-18H/b15-9+,16-10?. The van der Waals surface area contributed by atoms with Crippen molar-refractivity contribution in [2.24, 2.45) is 10.2 Å². The van der Waals surface area contributed by atoms with Crippen molar-refractivity contribution in [1.29, 1.82) is 0 Å². The van der Waals surface area contributed by atoms with E-state index < -0.39 is 0 Å². The molecular weight excluding hydrogens is 228 g/mol. The van der Waals surface area contributed by atoms with Gasteiger partial charge in [-0.2, -0.15) is 10.2 Å². The lowest BCUT2D eigenvalue weighted by Gasteiger charge is -1.93. The van der Waals surface area contributed by atoms with E-state index in [-0.39, 0.29) is 11.5 Å². The highest BCUT2D eigenvalue weighted by Crippen LogP contribution is 2.10. The van der Waals surface area contributed by atoms with Crippen LogP contribution in [0.2, 0.25) is 0 Å². The summed E-state index contributed by atoms with van der Waals surface area (Å²) in [6, 6.07) is 13.5. The van der Waals surface area contributed by atoms with E-state index in [1.165, 1.54) is 0 Å². The maximum atomic E-state index is 9.25. The molecule has 0 aromatic heterocycles. The molecule has 0 saturated heterocycles. The second kappa shape index (κ2) is 5.63. The van der Waals surface area contributed by atoms with E-state index in [9.17, 15) is 10.2 Å². The summed E-state index contributed by atoms with van der Waals surface area (Å²) in [5.41, 5.74) is 1.53. The van der Waals surface area contributed by atoms with Gasteiger partial charge in [0.2, 0.25) is 0 Å². The zero-order chi connectivity index (χ0) is 12.8. The molecule has 0 unspecified atom stereocenters. The number of phenols is 2. The van der Waals surface area contributed by atoms with Gasteiger partial charge in [-0.1, -0.05) is 24.3 Å². The smallest absolute Gasteiger partial charge is 0.116 e. The molecule has 0 aliphatic rings. The number of hydrogen-bond acceptors (Lipinski definition) is 4. The molecule has 90 valence electrons. The molecule has 4 nitrogen and oxygen atoms in total. The predicted molar refractivity (Wildman–Crippen MR) is 71.4 cm³/mol. The molecule has 0 bridgehead atoms. The molecule has 2 aromatic rings. The third-order valence-corrected chi connectivity index (χ3v) is 2.22. The summed E-state index contributed by atoms with van der Waals surface area (Å²) in [7, 11) is 0. The Labute approximate surface area is 105 Å². The zero-order valence-corrected chi connectivity index (χ0v) is 9.56. The summed E-state index contributed by atoms with van der Waals surface area (Å²) in [5.74, 6) is 0.381. The molecule has 4 heteroatoms. The van der Waals surface area contributed by atoms with Crippen LogP contribution in [-0.2, 0) is 0 Å². The molecule has 0 spiro atoms. The van der Waals surface area contributed by atoms with Crippen molar-refractivity contribution in [2.45, 2.75) is 0 Å². The lowest BCUT2D eigenvalue weighted by atomic mass is 10.2. The first-order chi connectivity index (χ1) is 8.74. The van der Waals surface area contributed by atoms with Gasteiger partial charge >= 0.3 is 0 Å². The Kier molecular flexibility index (Phi) is 3.71. The molecule has 0 amide bonds. The van der Waals surface area contributed by atoms with E-state index in [1.807, 2.05) is 12.1 Å². The van der Waals surface area contributed by atoms with E-state index in [1.54, 1.807) is 48.8 Å². The fourth-order valence-corrected chi connectivity index (χ4v) is 1.41. The van der Waals surface area contributed by atoms with Gasteiger partial charge in [0, 0.05) is 0 Å². The van der Waals surface area contributed by atoms with Crippen LogP contribution in [0, 0.1) is 0 Å². The van der Waals surface area contributed by atoms with Crippen molar-refractivity contribution in [3.05, 3.63) is 59.7 Å². The van der Waals surface area contributed by atoms with E-state index in [0.29, 0.717) is 0 Å². The summed E-state index contributed by atoms with van der Waals surface area (Å²) < 4.78 is 0. The Balaban J connectivity index is 2.03. The highest BCUT2D eigenvalue weighted by atomic mass is 16.3. The summed E-state index contributed by atoms with van der Waals surface area (Å²) in [6.45, 7) is 0. The Hall–Kier alpha value is -2.62. The monoisotopic (exact) mass is 240 g/mol. The van der Waals surface area contributed by atoms with Crippen LogP contribution < -0.4 is 0 Å². The molecule has 0 atom stereocenters. The third-order valence-electron chi connectivity index (χ3n) is 2.22. The molecule has 2 aromatic carbocycles. The Morgan fingerprint density at radius 2 is 1.17 bits per heavy atom. The molecule has 0 fully saturated rings. The molecular formula is C14H12N2O2. The summed E-state index contributed by atoms with van der Waals surface area (Å²) in [4.78, 5) is 0. The van der Waals surface area contributed by atoms with Crippen molar-refractivity contribution in [3.8, 4) is 11.5 Å². The minimum atomic E-state index is 0.191. The van der Waals surface area contributed by atoms with Gasteiger partial charge in [0.15, 0.2) is 0 Å². The van der Waals surface area contributed by atoms with E-state index >= 15 is 0 Å². The molecule has 0 heterocycles. The lowest BCUT2D eigenvalue weighted by molar-refractivity contribution is 0.474. The minimum Gasteiger partial charge on any atom is -0.508 e. The van der Waals surface area contributed by atoms with Crippen LogP contribution in [0.3, 0.4) is 0 Å². The summed E-state index contributed by atoms with van der Waals surface area (Å²) in [5, 5.41) is 26.2. The average Bonchev–Trinajstić information content (AvgIpc) is 2.35. The summed E-state index contributed by atoms with van der Waals surface area (Å²) in [6.07, 6.45) is 3.08. The van der Waals surface area contributed by atoms with Gasteiger partial charge in [-0.3, -0.25) is 0 Å². The number of aromatic hydroxyl groups is 2. The quantitative estimate of drug-likeness (QED) is 0.639. The second-order valence-corrected chi connectivity index (χ2v) is 3.68. The normalized spacial score (nSPS) is 11.3. The highest BCUT2D eigenvalue weighted by Gasteiger charge is 1.90. The van der Waals surface area contributed by atoms with Crippen molar-refractivity contribution in [3.63, 3.8) is 0 Å². The maximum absolute atomic E-state index is 9.25. The minimum absolute atomic E-state index is 0.191. The average molecular weight is 240 g/mol. The largest absolute Gasteiger partial charge is 0.508 e. The van der Waals surface area contributed by atoms with Crippen LogP contribution >= 0.6 is 0 Å². The van der Waals surface area contributed by atoms with Gasteiger partial charge in [-0.25, -0.2) is 0 Å². The van der Waals surface area contributed by atoms with Crippen molar-refractivity contribution in [2.75, 3.05) is 0 Å². The van der Waals surface area contributed by atoms with Crippen molar-refractivity contribution in [1.82, 2.24) is 0 Å². The number of phenolic OH excluding ortho intramolecular Hbond substituents is 2. The number of rotatable bonds is 3. The Bertz CT molecular complexity index is 538. The van der Waals surface area contributed by atoms with Crippen LogP contribution in [0.25, 0.3) is 0 Å². The van der Waals surface area contributed by atoms with Gasteiger partial charge in [0.05, 0.1) is 12.4 Å². The van der Waals surface area contributed by atoms with Crippen LogP contribution in [-0.4, -0.2) is 22.6 Å². The van der Waals surface area contributed by atoms with E-state index in [2.05, 4.69) is 10.2 Å². The molecule has 2 N–H and O–H groups in total. The van der Waals surface area contributed by atoms with Gasteiger partial charge in [0.1, 0.15) is 11.5 Å². The molecule has 2 rings (SSSR count). The molecule has 0 aliphatic carbocycles. The third kappa shape index (κ3) is 3.45. The van der Waals surface area contributed by atoms with Gasteiger partial charge in [-0.05, 0) is 35.4 Å². The van der Waals surface area contributed by atoms with E-state index in [4.69, 9.17) is 0 Å². The SMILES string of the molecule is Oc1cccc(C=N/N=C/c2cccc(O)c2)c1. The maximum Gasteiger partial charge on any atom is 0.116 e. The summed E-state index contributed by atoms with van der Waals surface area (Å²) >= 11 is 0. The van der Waals surface area contributed by atoms with Crippen LogP contribution in [0.4, 0.5) is 0 Å². The Morgan fingerprint density at radius 1 is 0.722 bits per heavy atom. The first-order valence-electron chi connectivity index (χ1n) is 5.38. The van der Waals surface area contributed by atoms with Crippen molar-refractivity contribution >= 4 is 12.4 Å². The van der Waals surface area contributed by atoms with Crippen molar-refractivity contribution < 1.29 is 10.2 Å². The van der Waals surface area contributed by atoms with Gasteiger partial charge in [0.25, 0.3) is 0 Å². The number of nitrogens with zero attached hydrogens (tertiary/aromatic N) is 2. The molecule has 0 aliphatic heterocycles. The lowest BCUT2D eigenvalue weighted by Crippen LogP contribution is -1.81. The fraction of sp³-hybridized carbons (Fsp3) is 0. The fourth-order valence-electron chi connectivity index (χ4n) is 1.41. The topological polar surface area (TPSA) is 65.2 Å². The zero-order valence-electron chi connectivity index (χ0n) is 9.56.